The van der Waals surface area contributed by atoms with Crippen molar-refractivity contribution in [1.29, 1.82) is 0 Å². The Hall–Kier alpha value is -2.63. The fraction of sp³-hybridized carbons (Fsp3) is 0.353. The lowest BCUT2D eigenvalue weighted by atomic mass is 9.89. The van der Waals surface area contributed by atoms with Crippen LogP contribution in [0.5, 0.6) is 0 Å². The molecule has 23 heavy (non-hydrogen) atoms. The van der Waals surface area contributed by atoms with E-state index in [-0.39, 0.29) is 11.8 Å². The molecule has 2 heterocycles. The van der Waals surface area contributed by atoms with E-state index in [9.17, 15) is 4.79 Å². The summed E-state index contributed by atoms with van der Waals surface area (Å²) in [4.78, 5) is 20.0. The Balaban J connectivity index is 1.51. The van der Waals surface area contributed by atoms with Crippen molar-refractivity contribution in [3.8, 4) is 11.5 Å². The number of rotatable bonds is 3. The molecule has 3 N–H and O–H groups in total. The summed E-state index contributed by atoms with van der Waals surface area (Å²) < 4.78 is 0. The third-order valence-electron chi connectivity index (χ3n) is 4.45. The molecule has 2 aromatic heterocycles. The van der Waals surface area contributed by atoms with Gasteiger partial charge in [0.05, 0.1) is 11.0 Å². The predicted octanol–water partition coefficient (Wildman–Crippen LogP) is 3.47. The van der Waals surface area contributed by atoms with Crippen molar-refractivity contribution in [2.75, 3.05) is 5.32 Å². The van der Waals surface area contributed by atoms with Crippen LogP contribution in [0.3, 0.4) is 0 Å². The second kappa shape index (κ2) is 5.87. The van der Waals surface area contributed by atoms with Crippen LogP contribution >= 0.6 is 0 Å². The number of imidazole rings is 1. The van der Waals surface area contributed by atoms with E-state index < -0.39 is 0 Å². The number of aromatic nitrogens is 4. The molecule has 3 aromatic rings. The Kier molecular flexibility index (Phi) is 3.57. The molecular formula is C17H19N5O. The van der Waals surface area contributed by atoms with Gasteiger partial charge in [0.25, 0.3) is 0 Å². The highest BCUT2D eigenvalue weighted by molar-refractivity contribution is 5.92. The monoisotopic (exact) mass is 309 g/mol. The van der Waals surface area contributed by atoms with E-state index in [2.05, 4.69) is 25.5 Å². The lowest BCUT2D eigenvalue weighted by Crippen LogP contribution is -2.24. The van der Waals surface area contributed by atoms with E-state index in [1.54, 1.807) is 0 Å². The minimum absolute atomic E-state index is 0.0763. The van der Waals surface area contributed by atoms with Gasteiger partial charge in [-0.15, -0.1) is 0 Å². The summed E-state index contributed by atoms with van der Waals surface area (Å²) in [5.41, 5.74) is 2.65. The Morgan fingerprint density at radius 1 is 1.17 bits per heavy atom. The van der Waals surface area contributed by atoms with Crippen LogP contribution in [0.4, 0.5) is 5.82 Å². The van der Waals surface area contributed by atoms with Crippen molar-refractivity contribution < 1.29 is 4.79 Å². The van der Waals surface area contributed by atoms with Gasteiger partial charge in [0.1, 0.15) is 5.69 Å². The number of aromatic amines is 2. The third-order valence-corrected chi connectivity index (χ3v) is 4.45. The molecule has 0 unspecified atom stereocenters. The van der Waals surface area contributed by atoms with E-state index in [1.807, 2.05) is 30.3 Å². The van der Waals surface area contributed by atoms with Gasteiger partial charge in [-0.1, -0.05) is 31.4 Å². The first kappa shape index (κ1) is 14.0. The number of fused-ring (bicyclic) bond motifs is 1. The zero-order chi connectivity index (χ0) is 15.6. The number of carbonyl (C=O) groups excluding carboxylic acids is 1. The maximum Gasteiger partial charge on any atom is 0.228 e. The molecule has 118 valence electrons. The van der Waals surface area contributed by atoms with Gasteiger partial charge in [-0.2, -0.15) is 5.10 Å². The fourth-order valence-corrected chi connectivity index (χ4v) is 3.18. The summed E-state index contributed by atoms with van der Waals surface area (Å²) in [5.74, 6) is 1.47. The van der Waals surface area contributed by atoms with Gasteiger partial charge < -0.3 is 10.3 Å². The topological polar surface area (TPSA) is 86.5 Å². The lowest BCUT2D eigenvalue weighted by molar-refractivity contribution is -0.120. The molecule has 1 aliphatic carbocycles. The van der Waals surface area contributed by atoms with Crippen molar-refractivity contribution in [3.05, 3.63) is 30.3 Å². The lowest BCUT2D eigenvalue weighted by Gasteiger charge is -2.19. The van der Waals surface area contributed by atoms with Crippen LogP contribution in [0, 0.1) is 5.92 Å². The highest BCUT2D eigenvalue weighted by Gasteiger charge is 2.21. The highest BCUT2D eigenvalue weighted by atomic mass is 16.1. The van der Waals surface area contributed by atoms with Gasteiger partial charge in [-0.3, -0.25) is 9.89 Å². The van der Waals surface area contributed by atoms with Gasteiger partial charge in [0.2, 0.25) is 5.91 Å². The number of carbonyl (C=O) groups is 1. The molecule has 0 spiro atoms. The molecule has 0 saturated heterocycles. The van der Waals surface area contributed by atoms with Crippen molar-refractivity contribution in [2.24, 2.45) is 5.92 Å². The van der Waals surface area contributed by atoms with E-state index >= 15 is 0 Å². The molecule has 0 radical (unpaired) electrons. The van der Waals surface area contributed by atoms with Gasteiger partial charge >= 0.3 is 0 Å². The average molecular weight is 309 g/mol. The molecule has 0 bridgehead atoms. The smallest absolute Gasteiger partial charge is 0.228 e. The number of anilines is 1. The summed E-state index contributed by atoms with van der Waals surface area (Å²) in [5, 5.41) is 10.0. The normalized spacial score (nSPS) is 15.8. The van der Waals surface area contributed by atoms with Gasteiger partial charge in [-0.05, 0) is 25.0 Å². The number of benzene rings is 1. The number of hydrogen-bond acceptors (Lipinski definition) is 3. The van der Waals surface area contributed by atoms with Gasteiger partial charge in [-0.25, -0.2) is 4.98 Å². The van der Waals surface area contributed by atoms with Crippen LogP contribution in [0.25, 0.3) is 22.6 Å². The minimum Gasteiger partial charge on any atom is -0.337 e. The number of para-hydroxylation sites is 2. The van der Waals surface area contributed by atoms with Crippen LogP contribution in [0.1, 0.15) is 32.1 Å². The number of amides is 1. The maximum atomic E-state index is 12.3. The predicted molar refractivity (Wildman–Crippen MR) is 88.9 cm³/mol. The molecule has 1 aliphatic rings. The molecule has 4 rings (SSSR count). The maximum absolute atomic E-state index is 12.3. The summed E-state index contributed by atoms with van der Waals surface area (Å²) >= 11 is 0. The van der Waals surface area contributed by atoms with Crippen molar-refractivity contribution in [2.45, 2.75) is 32.1 Å². The number of nitrogens with one attached hydrogen (secondary N) is 3. The van der Waals surface area contributed by atoms with Crippen LogP contribution in [0.2, 0.25) is 0 Å². The quantitative estimate of drug-likeness (QED) is 0.692. The highest BCUT2D eigenvalue weighted by Crippen LogP contribution is 2.25. The van der Waals surface area contributed by atoms with Crippen LogP contribution in [-0.2, 0) is 4.79 Å². The zero-order valence-corrected chi connectivity index (χ0v) is 12.8. The number of H-pyrrole nitrogens is 2. The first-order valence-corrected chi connectivity index (χ1v) is 8.11. The Morgan fingerprint density at radius 2 is 2.00 bits per heavy atom. The van der Waals surface area contributed by atoms with E-state index in [0.29, 0.717) is 5.82 Å². The average Bonchev–Trinajstić information content (AvgIpc) is 3.21. The van der Waals surface area contributed by atoms with E-state index in [4.69, 9.17) is 0 Å². The summed E-state index contributed by atoms with van der Waals surface area (Å²) in [6, 6.07) is 9.67. The molecule has 1 saturated carbocycles. The van der Waals surface area contributed by atoms with E-state index in [0.717, 1.165) is 48.2 Å². The molecule has 0 atom stereocenters. The molecule has 1 amide bonds. The molecule has 6 heteroatoms. The Bertz CT molecular complexity index is 795. The molecule has 0 aliphatic heterocycles. The molecule has 1 aromatic carbocycles. The Labute approximate surface area is 133 Å². The number of nitrogens with zero attached hydrogens (tertiary/aromatic N) is 2. The second-order valence-corrected chi connectivity index (χ2v) is 6.09. The van der Waals surface area contributed by atoms with E-state index in [1.165, 1.54) is 6.42 Å². The Morgan fingerprint density at radius 3 is 2.83 bits per heavy atom. The van der Waals surface area contributed by atoms with Crippen molar-refractivity contribution in [1.82, 2.24) is 20.2 Å². The van der Waals surface area contributed by atoms with Gasteiger partial charge in [0.15, 0.2) is 11.6 Å². The third kappa shape index (κ3) is 2.84. The molecule has 6 nitrogen and oxygen atoms in total. The summed E-state index contributed by atoms with van der Waals surface area (Å²) in [6.07, 6.45) is 5.48. The molecular weight excluding hydrogens is 290 g/mol. The largest absolute Gasteiger partial charge is 0.337 e. The van der Waals surface area contributed by atoms with Crippen LogP contribution < -0.4 is 5.32 Å². The number of hydrogen-bond donors (Lipinski definition) is 3. The van der Waals surface area contributed by atoms with Gasteiger partial charge in [0, 0.05) is 12.0 Å². The van der Waals surface area contributed by atoms with Crippen molar-refractivity contribution in [3.63, 3.8) is 0 Å². The minimum atomic E-state index is 0.0763. The SMILES string of the molecule is O=C(Nc1cc(-c2nc3ccccc3[nH]2)[nH]n1)C1CCCCC1. The second-order valence-electron chi connectivity index (χ2n) is 6.09. The zero-order valence-electron chi connectivity index (χ0n) is 12.8. The van der Waals surface area contributed by atoms with Crippen LogP contribution in [0.15, 0.2) is 30.3 Å². The summed E-state index contributed by atoms with van der Waals surface area (Å²) in [6.45, 7) is 0. The van der Waals surface area contributed by atoms with Crippen molar-refractivity contribution >= 4 is 22.8 Å². The summed E-state index contributed by atoms with van der Waals surface area (Å²) in [7, 11) is 0. The molecule has 1 fully saturated rings. The van der Waals surface area contributed by atoms with Crippen LogP contribution in [-0.4, -0.2) is 26.1 Å². The first-order valence-electron chi connectivity index (χ1n) is 8.11. The fourth-order valence-electron chi connectivity index (χ4n) is 3.18. The standard InChI is InChI=1S/C17H19N5O/c23-17(11-6-2-1-3-7-11)20-15-10-14(21-22-15)16-18-12-8-4-5-9-13(12)19-16/h4-5,8-11H,1-3,6-7H2,(H,18,19)(H2,20,21,22,23). The first-order chi connectivity index (χ1) is 11.3.